The van der Waals surface area contributed by atoms with E-state index in [2.05, 4.69) is 20.2 Å². The zero-order valence-corrected chi connectivity index (χ0v) is 8.25. The van der Waals surface area contributed by atoms with E-state index in [9.17, 15) is 5.11 Å². The summed E-state index contributed by atoms with van der Waals surface area (Å²) in [5.41, 5.74) is 2.11. The molecule has 0 fully saturated rings. The van der Waals surface area contributed by atoms with E-state index in [1.54, 1.807) is 0 Å². The number of aromatic hydroxyl groups is 1. The number of hydrogen-bond donors (Lipinski definition) is 2. The highest BCUT2D eigenvalue weighted by molar-refractivity contribution is 5.94. The maximum Gasteiger partial charge on any atom is 0.225 e. The van der Waals surface area contributed by atoms with Gasteiger partial charge in [-0.1, -0.05) is 30.3 Å². The quantitative estimate of drug-likeness (QED) is 0.644. The molecule has 2 aromatic heterocycles. The molecule has 0 spiro atoms. The highest BCUT2D eigenvalue weighted by Crippen LogP contribution is 2.29. The summed E-state index contributed by atoms with van der Waals surface area (Å²) in [7, 11) is 0. The van der Waals surface area contributed by atoms with Crippen molar-refractivity contribution in [1.29, 1.82) is 0 Å². The van der Waals surface area contributed by atoms with E-state index in [0.29, 0.717) is 16.7 Å². The first-order valence-corrected chi connectivity index (χ1v) is 4.80. The van der Waals surface area contributed by atoms with Crippen molar-refractivity contribution in [2.75, 3.05) is 0 Å². The number of nitrogens with one attached hydrogen (secondary N) is 1. The maximum atomic E-state index is 9.69. The summed E-state index contributed by atoms with van der Waals surface area (Å²) >= 11 is 0. The van der Waals surface area contributed by atoms with Gasteiger partial charge in [0.2, 0.25) is 5.88 Å². The molecule has 0 aliphatic carbocycles. The molecule has 0 bridgehead atoms. The van der Waals surface area contributed by atoms with Gasteiger partial charge in [0.15, 0.2) is 5.65 Å². The minimum atomic E-state index is -0.0578. The lowest BCUT2D eigenvalue weighted by molar-refractivity contribution is 0.459. The van der Waals surface area contributed by atoms with Crippen LogP contribution in [0.5, 0.6) is 5.88 Å². The second-order valence-electron chi connectivity index (χ2n) is 3.36. The summed E-state index contributed by atoms with van der Waals surface area (Å²) in [4.78, 5) is 7.75. The lowest BCUT2D eigenvalue weighted by Crippen LogP contribution is -1.82. The largest absolute Gasteiger partial charge is 0.493 e. The number of fused-ring (bicyclic) bond motifs is 1. The van der Waals surface area contributed by atoms with E-state index in [-0.39, 0.29) is 5.88 Å². The molecule has 0 radical (unpaired) electrons. The van der Waals surface area contributed by atoms with Crippen molar-refractivity contribution in [3.63, 3.8) is 0 Å². The average molecular weight is 212 g/mol. The number of nitrogens with zero attached hydrogens (tertiary/aromatic N) is 3. The Kier molecular flexibility index (Phi) is 1.83. The summed E-state index contributed by atoms with van der Waals surface area (Å²) in [6, 6.07) is 9.59. The second kappa shape index (κ2) is 3.30. The minimum Gasteiger partial charge on any atom is -0.493 e. The Labute approximate surface area is 90.8 Å². The van der Waals surface area contributed by atoms with Crippen LogP contribution in [-0.2, 0) is 0 Å². The Bertz CT molecular complexity index is 633. The molecule has 5 nitrogen and oxygen atoms in total. The van der Waals surface area contributed by atoms with Crippen molar-refractivity contribution in [2.24, 2.45) is 0 Å². The molecule has 0 aliphatic rings. The van der Waals surface area contributed by atoms with Gasteiger partial charge in [-0.3, -0.25) is 5.10 Å². The Morgan fingerprint density at radius 1 is 1.06 bits per heavy atom. The molecule has 78 valence electrons. The number of hydrogen-bond acceptors (Lipinski definition) is 4. The zero-order chi connectivity index (χ0) is 11.0. The van der Waals surface area contributed by atoms with E-state index in [4.69, 9.17) is 0 Å². The first-order chi connectivity index (χ1) is 7.86. The molecular weight excluding hydrogens is 204 g/mol. The van der Waals surface area contributed by atoms with Gasteiger partial charge in [0, 0.05) is 5.56 Å². The number of benzene rings is 1. The molecule has 2 N–H and O–H groups in total. The Balaban J connectivity index is 2.33. The maximum absolute atomic E-state index is 9.69. The van der Waals surface area contributed by atoms with Crippen LogP contribution in [0.2, 0.25) is 0 Å². The molecule has 0 saturated heterocycles. The number of rotatable bonds is 1. The molecule has 1 aromatic carbocycles. The van der Waals surface area contributed by atoms with Crippen LogP contribution >= 0.6 is 0 Å². The zero-order valence-electron chi connectivity index (χ0n) is 8.25. The lowest BCUT2D eigenvalue weighted by atomic mass is 10.1. The molecule has 3 rings (SSSR count). The van der Waals surface area contributed by atoms with Gasteiger partial charge >= 0.3 is 0 Å². The van der Waals surface area contributed by atoms with E-state index >= 15 is 0 Å². The molecule has 0 amide bonds. The Morgan fingerprint density at radius 2 is 1.88 bits per heavy atom. The third-order valence-corrected chi connectivity index (χ3v) is 2.38. The summed E-state index contributed by atoms with van der Waals surface area (Å²) < 4.78 is 0. The first-order valence-electron chi connectivity index (χ1n) is 4.80. The normalized spacial score (nSPS) is 10.8. The second-order valence-corrected chi connectivity index (χ2v) is 3.36. The molecular formula is C11H8N4O. The summed E-state index contributed by atoms with van der Waals surface area (Å²) in [6.45, 7) is 0. The van der Waals surface area contributed by atoms with Crippen molar-refractivity contribution < 1.29 is 5.11 Å². The van der Waals surface area contributed by atoms with Crippen LogP contribution in [0.4, 0.5) is 0 Å². The van der Waals surface area contributed by atoms with Gasteiger partial charge in [0.05, 0.1) is 0 Å². The van der Waals surface area contributed by atoms with E-state index in [0.717, 1.165) is 5.56 Å². The van der Waals surface area contributed by atoms with Gasteiger partial charge < -0.3 is 5.11 Å². The summed E-state index contributed by atoms with van der Waals surface area (Å²) in [6.07, 6.45) is 1.30. The third kappa shape index (κ3) is 1.22. The number of aromatic nitrogens is 4. The molecule has 0 atom stereocenters. The third-order valence-electron chi connectivity index (χ3n) is 2.38. The van der Waals surface area contributed by atoms with Crippen LogP contribution in [-0.4, -0.2) is 25.3 Å². The average Bonchev–Trinajstić information content (AvgIpc) is 2.75. The van der Waals surface area contributed by atoms with Crippen molar-refractivity contribution in [2.45, 2.75) is 0 Å². The van der Waals surface area contributed by atoms with Gasteiger partial charge in [-0.25, -0.2) is 9.97 Å². The van der Waals surface area contributed by atoms with Crippen LogP contribution in [0.1, 0.15) is 0 Å². The van der Waals surface area contributed by atoms with Gasteiger partial charge in [-0.2, -0.15) is 5.10 Å². The van der Waals surface area contributed by atoms with Gasteiger partial charge in [0.1, 0.15) is 17.4 Å². The van der Waals surface area contributed by atoms with Crippen LogP contribution in [0.25, 0.3) is 22.3 Å². The highest BCUT2D eigenvalue weighted by atomic mass is 16.3. The van der Waals surface area contributed by atoms with E-state index in [1.165, 1.54) is 6.33 Å². The van der Waals surface area contributed by atoms with Gasteiger partial charge in [-0.15, -0.1) is 0 Å². The van der Waals surface area contributed by atoms with Gasteiger partial charge in [-0.05, 0) is 0 Å². The number of H-pyrrole nitrogens is 1. The van der Waals surface area contributed by atoms with E-state index in [1.807, 2.05) is 30.3 Å². The fraction of sp³-hybridized carbons (Fsp3) is 0. The van der Waals surface area contributed by atoms with Crippen molar-refractivity contribution >= 4 is 11.0 Å². The predicted octanol–water partition coefficient (Wildman–Crippen LogP) is 1.73. The van der Waals surface area contributed by atoms with E-state index < -0.39 is 0 Å². The Morgan fingerprint density at radius 3 is 2.69 bits per heavy atom. The molecule has 5 heteroatoms. The lowest BCUT2D eigenvalue weighted by Gasteiger charge is -1.97. The summed E-state index contributed by atoms with van der Waals surface area (Å²) in [5.74, 6) is -0.0578. The predicted molar refractivity (Wildman–Crippen MR) is 58.8 cm³/mol. The van der Waals surface area contributed by atoms with Crippen molar-refractivity contribution in [3.8, 4) is 17.1 Å². The smallest absolute Gasteiger partial charge is 0.225 e. The van der Waals surface area contributed by atoms with Crippen LogP contribution in [0.15, 0.2) is 36.7 Å². The fourth-order valence-corrected chi connectivity index (χ4v) is 1.65. The molecule has 16 heavy (non-hydrogen) atoms. The SMILES string of the molecule is Oc1ncnc2[nH]nc(-c3ccccc3)c12. The van der Waals surface area contributed by atoms with Crippen LogP contribution in [0, 0.1) is 0 Å². The Hall–Kier alpha value is -2.43. The standard InChI is InChI=1S/C11H8N4O/c16-11-8-9(7-4-2-1-3-5-7)14-15-10(8)12-6-13-11/h1-6H,(H2,12,13,14,15,16). The van der Waals surface area contributed by atoms with Gasteiger partial charge in [0.25, 0.3) is 0 Å². The van der Waals surface area contributed by atoms with Crippen LogP contribution < -0.4 is 0 Å². The monoisotopic (exact) mass is 212 g/mol. The minimum absolute atomic E-state index is 0.0578. The fourth-order valence-electron chi connectivity index (χ4n) is 1.65. The molecule has 3 aromatic rings. The molecule has 0 aliphatic heterocycles. The molecule has 2 heterocycles. The van der Waals surface area contributed by atoms with Crippen molar-refractivity contribution in [3.05, 3.63) is 36.7 Å². The van der Waals surface area contributed by atoms with Crippen LogP contribution in [0.3, 0.4) is 0 Å². The summed E-state index contributed by atoms with van der Waals surface area (Å²) in [5, 5.41) is 17.1. The molecule has 0 saturated carbocycles. The number of aromatic amines is 1. The topological polar surface area (TPSA) is 74.7 Å². The first kappa shape index (κ1) is 8.84. The van der Waals surface area contributed by atoms with Crippen molar-refractivity contribution in [1.82, 2.24) is 20.2 Å². The highest BCUT2D eigenvalue weighted by Gasteiger charge is 2.12. The molecule has 0 unspecified atom stereocenters.